The summed E-state index contributed by atoms with van der Waals surface area (Å²) in [7, 11) is 1.32. The van der Waals surface area contributed by atoms with Gasteiger partial charge in [0.15, 0.2) is 11.5 Å². The Kier molecular flexibility index (Phi) is 4.90. The third kappa shape index (κ3) is 3.91. The first-order chi connectivity index (χ1) is 14.0. The number of rotatable bonds is 5. The molecule has 3 aromatic rings. The third-order valence-electron chi connectivity index (χ3n) is 4.43. The maximum absolute atomic E-state index is 12.4. The van der Waals surface area contributed by atoms with Crippen molar-refractivity contribution in [3.05, 3.63) is 59.5 Å². The van der Waals surface area contributed by atoms with Crippen LogP contribution in [0.3, 0.4) is 0 Å². The molecule has 0 fully saturated rings. The van der Waals surface area contributed by atoms with E-state index in [4.69, 9.17) is 13.9 Å². The van der Waals surface area contributed by atoms with Crippen LogP contribution in [-0.2, 0) is 16.0 Å². The minimum atomic E-state index is -0.433. The number of methoxy groups -OCH3 is 1. The van der Waals surface area contributed by atoms with Crippen LogP contribution in [0.2, 0.25) is 0 Å². The monoisotopic (exact) mass is 394 g/mol. The fraction of sp³-hybridized carbons (Fsp3) is 0.190. The number of ether oxygens (including phenoxy) is 3. The molecule has 2 heterocycles. The Hall–Kier alpha value is -3.81. The highest BCUT2D eigenvalue weighted by molar-refractivity contribution is 5.94. The molecule has 2 aromatic carbocycles. The van der Waals surface area contributed by atoms with Crippen LogP contribution in [0.25, 0.3) is 11.5 Å². The molecule has 1 amide bonds. The van der Waals surface area contributed by atoms with E-state index in [0.717, 1.165) is 5.56 Å². The maximum Gasteiger partial charge on any atom is 0.337 e. The van der Waals surface area contributed by atoms with Gasteiger partial charge in [0.1, 0.15) is 5.76 Å². The summed E-state index contributed by atoms with van der Waals surface area (Å²) in [5.74, 6) is 1.60. The molecule has 0 radical (unpaired) electrons. The Morgan fingerprint density at radius 3 is 2.62 bits per heavy atom. The summed E-state index contributed by atoms with van der Waals surface area (Å²) < 4.78 is 21.1. The van der Waals surface area contributed by atoms with Gasteiger partial charge < -0.3 is 23.9 Å². The molecule has 0 spiro atoms. The molecule has 0 unspecified atom stereocenters. The second-order valence-electron chi connectivity index (χ2n) is 6.38. The highest BCUT2D eigenvalue weighted by Crippen LogP contribution is 2.36. The highest BCUT2D eigenvalue weighted by atomic mass is 16.7. The van der Waals surface area contributed by atoms with Gasteiger partial charge in [-0.2, -0.15) is 0 Å². The zero-order valence-electron chi connectivity index (χ0n) is 15.9. The first kappa shape index (κ1) is 18.5. The molecule has 0 bridgehead atoms. The lowest BCUT2D eigenvalue weighted by Gasteiger charge is -2.05. The minimum Gasteiger partial charge on any atom is -0.465 e. The van der Waals surface area contributed by atoms with Crippen molar-refractivity contribution >= 4 is 17.6 Å². The summed E-state index contributed by atoms with van der Waals surface area (Å²) in [6, 6.07) is 11.9. The Morgan fingerprint density at radius 1 is 1.10 bits per heavy atom. The van der Waals surface area contributed by atoms with E-state index >= 15 is 0 Å². The lowest BCUT2D eigenvalue weighted by molar-refractivity contribution is -0.115. The van der Waals surface area contributed by atoms with Gasteiger partial charge in [-0.15, -0.1) is 0 Å². The van der Waals surface area contributed by atoms with Gasteiger partial charge in [-0.3, -0.25) is 4.79 Å². The van der Waals surface area contributed by atoms with Crippen LogP contribution < -0.4 is 14.8 Å². The average molecular weight is 394 g/mol. The summed E-state index contributed by atoms with van der Waals surface area (Å²) in [6.45, 7) is 1.95. The molecule has 0 saturated heterocycles. The van der Waals surface area contributed by atoms with Gasteiger partial charge in [0.2, 0.25) is 18.6 Å². The Balaban J connectivity index is 1.44. The van der Waals surface area contributed by atoms with Gasteiger partial charge in [-0.1, -0.05) is 0 Å². The van der Waals surface area contributed by atoms with E-state index < -0.39 is 5.97 Å². The summed E-state index contributed by atoms with van der Waals surface area (Å²) in [5.41, 5.74) is 2.26. The smallest absolute Gasteiger partial charge is 0.337 e. The number of carbonyl (C=O) groups excluding carboxylic acids is 2. The van der Waals surface area contributed by atoms with Gasteiger partial charge in [0.05, 0.1) is 24.8 Å². The van der Waals surface area contributed by atoms with E-state index in [1.165, 1.54) is 7.11 Å². The van der Waals surface area contributed by atoms with E-state index in [0.29, 0.717) is 40.1 Å². The lowest BCUT2D eigenvalue weighted by atomic mass is 10.2. The first-order valence-electron chi connectivity index (χ1n) is 8.88. The molecule has 1 N–H and O–H groups in total. The molecule has 0 atom stereocenters. The molecular weight excluding hydrogens is 376 g/mol. The van der Waals surface area contributed by atoms with Crippen molar-refractivity contribution in [1.29, 1.82) is 0 Å². The number of nitrogens with one attached hydrogen (secondary N) is 1. The topological polar surface area (TPSA) is 99.9 Å². The van der Waals surface area contributed by atoms with E-state index in [1.54, 1.807) is 43.3 Å². The fourth-order valence-electron chi connectivity index (χ4n) is 2.91. The molecule has 29 heavy (non-hydrogen) atoms. The second kappa shape index (κ2) is 7.67. The normalized spacial score (nSPS) is 11.9. The quantitative estimate of drug-likeness (QED) is 0.663. The Morgan fingerprint density at radius 2 is 1.86 bits per heavy atom. The molecule has 1 aliphatic rings. The predicted molar refractivity (Wildman–Crippen MR) is 103 cm³/mol. The number of aryl methyl sites for hydroxylation is 1. The number of fused-ring (bicyclic) bond motifs is 1. The van der Waals surface area contributed by atoms with E-state index in [2.05, 4.69) is 15.0 Å². The number of oxazole rings is 1. The van der Waals surface area contributed by atoms with Crippen LogP contribution in [0.15, 0.2) is 46.9 Å². The number of hydrogen-bond acceptors (Lipinski definition) is 7. The number of benzene rings is 2. The maximum atomic E-state index is 12.4. The van der Waals surface area contributed by atoms with Crippen molar-refractivity contribution in [2.45, 2.75) is 13.3 Å². The molecule has 0 aliphatic carbocycles. The van der Waals surface area contributed by atoms with Gasteiger partial charge in [-0.25, -0.2) is 9.78 Å². The Labute approximate surface area is 166 Å². The van der Waals surface area contributed by atoms with Crippen LogP contribution in [0, 0.1) is 6.92 Å². The van der Waals surface area contributed by atoms with Crippen LogP contribution in [0.1, 0.15) is 21.8 Å². The highest BCUT2D eigenvalue weighted by Gasteiger charge is 2.19. The molecular formula is C21H18N2O6. The van der Waals surface area contributed by atoms with Crippen molar-refractivity contribution in [2.75, 3.05) is 19.2 Å². The van der Waals surface area contributed by atoms with Crippen molar-refractivity contribution in [1.82, 2.24) is 4.98 Å². The number of aromatic nitrogens is 1. The summed E-state index contributed by atoms with van der Waals surface area (Å²) in [6.07, 6.45) is 0.0542. The molecule has 148 valence electrons. The van der Waals surface area contributed by atoms with Gasteiger partial charge in [0, 0.05) is 11.3 Å². The van der Waals surface area contributed by atoms with Crippen molar-refractivity contribution < 1.29 is 28.2 Å². The number of amides is 1. The first-order valence-corrected chi connectivity index (χ1v) is 8.88. The van der Waals surface area contributed by atoms with Crippen molar-refractivity contribution in [3.8, 4) is 23.0 Å². The molecule has 1 aliphatic heterocycles. The zero-order chi connectivity index (χ0) is 20.4. The number of nitrogens with zero attached hydrogens (tertiary/aromatic N) is 1. The molecule has 4 rings (SSSR count). The molecule has 1 aromatic heterocycles. The molecule has 8 nitrogen and oxygen atoms in total. The van der Waals surface area contributed by atoms with Gasteiger partial charge in [0.25, 0.3) is 0 Å². The van der Waals surface area contributed by atoms with Gasteiger partial charge in [-0.05, 0) is 49.4 Å². The average Bonchev–Trinajstić information content (AvgIpc) is 3.34. The summed E-state index contributed by atoms with van der Waals surface area (Å²) in [4.78, 5) is 28.3. The van der Waals surface area contributed by atoms with E-state index in [-0.39, 0.29) is 19.1 Å². The largest absolute Gasteiger partial charge is 0.465 e. The summed E-state index contributed by atoms with van der Waals surface area (Å²) >= 11 is 0. The van der Waals surface area contributed by atoms with Crippen LogP contribution in [0.5, 0.6) is 11.5 Å². The fourth-order valence-corrected chi connectivity index (χ4v) is 2.91. The summed E-state index contributed by atoms with van der Waals surface area (Å²) in [5, 5.41) is 2.78. The number of carbonyl (C=O) groups is 2. The lowest BCUT2D eigenvalue weighted by Crippen LogP contribution is -2.15. The third-order valence-corrected chi connectivity index (χ3v) is 4.43. The van der Waals surface area contributed by atoms with Gasteiger partial charge >= 0.3 is 5.97 Å². The van der Waals surface area contributed by atoms with Crippen LogP contribution in [-0.4, -0.2) is 30.8 Å². The predicted octanol–water partition coefficient (Wildman–Crippen LogP) is 3.35. The number of esters is 1. The van der Waals surface area contributed by atoms with Crippen molar-refractivity contribution in [3.63, 3.8) is 0 Å². The van der Waals surface area contributed by atoms with Crippen molar-refractivity contribution in [2.24, 2.45) is 0 Å². The Bertz CT molecular complexity index is 1070. The number of anilines is 1. The molecule has 0 saturated carbocycles. The number of hydrogen-bond donors (Lipinski definition) is 1. The standard InChI is InChI=1S/C21H18N2O6/c1-12-16(10-19(24)22-15-6-3-13(4-7-15)21(25)26-2)23-20(29-12)14-5-8-17-18(9-14)28-11-27-17/h3-9H,10-11H2,1-2H3,(H,22,24). The van der Waals surface area contributed by atoms with Crippen LogP contribution in [0.4, 0.5) is 5.69 Å². The van der Waals surface area contributed by atoms with E-state index in [9.17, 15) is 9.59 Å². The van der Waals surface area contributed by atoms with Crippen LogP contribution >= 0.6 is 0 Å². The second-order valence-corrected chi connectivity index (χ2v) is 6.38. The SMILES string of the molecule is COC(=O)c1ccc(NC(=O)Cc2nc(-c3ccc4c(c3)OCO4)oc2C)cc1. The molecule has 8 heteroatoms. The minimum absolute atomic E-state index is 0.0542. The van der Waals surface area contributed by atoms with E-state index in [1.807, 2.05) is 6.07 Å². The zero-order valence-corrected chi connectivity index (χ0v) is 15.9.